The summed E-state index contributed by atoms with van der Waals surface area (Å²) in [6.07, 6.45) is 11.9. The van der Waals surface area contributed by atoms with E-state index in [1.807, 2.05) is 13.1 Å². The van der Waals surface area contributed by atoms with Gasteiger partial charge < -0.3 is 34.5 Å². The summed E-state index contributed by atoms with van der Waals surface area (Å²) < 4.78 is 18.9. The van der Waals surface area contributed by atoms with Crippen LogP contribution in [0.1, 0.15) is 88.1 Å². The van der Waals surface area contributed by atoms with Gasteiger partial charge in [0, 0.05) is 96.9 Å². The number of H-pyrrole nitrogens is 1. The molecule has 2 unspecified atom stereocenters. The lowest BCUT2D eigenvalue weighted by Crippen LogP contribution is -2.81. The van der Waals surface area contributed by atoms with E-state index >= 15 is 4.79 Å². The van der Waals surface area contributed by atoms with Crippen molar-refractivity contribution >= 4 is 34.4 Å². The van der Waals surface area contributed by atoms with Gasteiger partial charge in [-0.1, -0.05) is 62.3 Å². The Morgan fingerprint density at radius 1 is 1.05 bits per heavy atom. The van der Waals surface area contributed by atoms with Gasteiger partial charge in [-0.3, -0.25) is 24.2 Å². The molecular weight excluding hydrogens is 783 g/mol. The number of para-hydroxylation sites is 1. The summed E-state index contributed by atoms with van der Waals surface area (Å²) in [4.78, 5) is 53.4. The van der Waals surface area contributed by atoms with E-state index in [1.54, 1.807) is 7.11 Å². The Hall–Kier alpha value is -4.65. The third-order valence-electron chi connectivity index (χ3n) is 16.7. The molecule has 2 aliphatic carbocycles. The van der Waals surface area contributed by atoms with E-state index in [0.717, 1.165) is 104 Å². The number of aromatic amines is 1. The number of anilines is 1. The molecule has 9 atom stereocenters. The van der Waals surface area contributed by atoms with Crippen LogP contribution in [0.4, 0.5) is 5.69 Å². The van der Waals surface area contributed by atoms with Crippen LogP contribution in [0.15, 0.2) is 60.2 Å². The predicted molar refractivity (Wildman–Crippen MR) is 237 cm³/mol. The first-order valence-electron chi connectivity index (χ1n) is 23.0. The summed E-state index contributed by atoms with van der Waals surface area (Å²) in [5, 5.41) is 18.1. The van der Waals surface area contributed by atoms with Crippen molar-refractivity contribution in [3.05, 3.63) is 82.6 Å². The van der Waals surface area contributed by atoms with Crippen LogP contribution < -0.4 is 15.0 Å². The van der Waals surface area contributed by atoms with Crippen LogP contribution in [0.5, 0.6) is 5.75 Å². The number of aromatic nitrogens is 1. The Morgan fingerprint density at radius 2 is 1.85 bits per heavy atom. The Kier molecular flexibility index (Phi) is 9.99. The second kappa shape index (κ2) is 15.0. The van der Waals surface area contributed by atoms with Crippen molar-refractivity contribution < 1.29 is 33.7 Å². The van der Waals surface area contributed by atoms with E-state index in [9.17, 15) is 14.7 Å². The van der Waals surface area contributed by atoms with Crippen LogP contribution in [0.2, 0.25) is 0 Å². The second-order valence-electron chi connectivity index (χ2n) is 19.5. The van der Waals surface area contributed by atoms with Gasteiger partial charge in [-0.05, 0) is 80.7 Å². The van der Waals surface area contributed by atoms with E-state index in [4.69, 9.17) is 14.2 Å². The van der Waals surface area contributed by atoms with Gasteiger partial charge in [0.25, 0.3) is 0 Å². The highest BCUT2D eigenvalue weighted by molar-refractivity contribution is 5.94. The average Bonchev–Trinajstić information content (AvgIpc) is 3.91. The number of hydrogen-bond donors (Lipinski definition) is 3. The first-order valence-corrected chi connectivity index (χ1v) is 23.0. The molecule has 3 N–H and O–H groups in total. The first-order chi connectivity index (χ1) is 29.9. The SMILES string of the molecule is CCC1=C[C@@H]2CN(CCc3c([nH]c4ccccc34)[C@@](C(=O)OC)(c3cc4c(cc3OC)N(C)[C@H]3C(O)(CNC(=O)C5CCC5)[C@H](OC(C)=O)[C@]5(CC)C=CCN6CC[C@]43[C@@H]65)C2)C1. The smallest absolute Gasteiger partial charge is 0.322 e. The zero-order chi connectivity index (χ0) is 43.3. The van der Waals surface area contributed by atoms with Crippen LogP contribution in [-0.4, -0.2) is 122 Å². The fraction of sp³-hybridized carbons (Fsp3) is 0.580. The zero-order valence-electron chi connectivity index (χ0n) is 37.2. The van der Waals surface area contributed by atoms with Crippen LogP contribution >= 0.6 is 0 Å². The maximum atomic E-state index is 15.4. The normalized spacial score (nSPS) is 34.7. The summed E-state index contributed by atoms with van der Waals surface area (Å²) in [6.45, 7) is 9.75. The molecule has 6 heterocycles. The average molecular weight is 846 g/mol. The van der Waals surface area contributed by atoms with Crippen molar-refractivity contribution in [3.8, 4) is 5.75 Å². The molecule has 5 aliphatic heterocycles. The topological polar surface area (TPSA) is 137 Å². The summed E-state index contributed by atoms with van der Waals surface area (Å²) in [5.41, 5.74) is 2.42. The highest BCUT2D eigenvalue weighted by Gasteiger charge is 2.78. The molecule has 2 aromatic carbocycles. The molecule has 3 aromatic rings. The number of esters is 2. The van der Waals surface area contributed by atoms with Crippen molar-refractivity contribution in [2.75, 3.05) is 65.4 Å². The van der Waals surface area contributed by atoms with Crippen LogP contribution in [0.25, 0.3) is 10.9 Å². The molecule has 0 radical (unpaired) electrons. The molecule has 1 aromatic heterocycles. The zero-order valence-corrected chi connectivity index (χ0v) is 37.2. The predicted octanol–water partition coefficient (Wildman–Crippen LogP) is 5.54. The number of fused-ring (bicyclic) bond motifs is 6. The summed E-state index contributed by atoms with van der Waals surface area (Å²) in [6, 6.07) is 11.9. The molecule has 12 nitrogen and oxygen atoms in total. The Bertz CT molecular complexity index is 2390. The van der Waals surface area contributed by atoms with Gasteiger partial charge in [0.1, 0.15) is 22.9 Å². The number of hydrogen-bond acceptors (Lipinski definition) is 10. The summed E-state index contributed by atoms with van der Waals surface area (Å²) >= 11 is 0. The fourth-order valence-corrected chi connectivity index (χ4v) is 14.0. The monoisotopic (exact) mass is 845 g/mol. The Labute approximate surface area is 365 Å². The van der Waals surface area contributed by atoms with E-state index < -0.39 is 40.0 Å². The number of amides is 1. The van der Waals surface area contributed by atoms with Gasteiger partial charge in [-0.15, -0.1) is 0 Å². The third-order valence-corrected chi connectivity index (χ3v) is 16.7. The number of carbonyl (C=O) groups is 3. The van der Waals surface area contributed by atoms with Gasteiger partial charge in [0.2, 0.25) is 5.91 Å². The molecule has 1 spiro atoms. The number of ether oxygens (including phenoxy) is 3. The van der Waals surface area contributed by atoms with Crippen molar-refractivity contribution in [1.82, 2.24) is 20.1 Å². The largest absolute Gasteiger partial charge is 0.496 e. The number of nitrogens with zero attached hydrogens (tertiary/aromatic N) is 3. The minimum absolute atomic E-state index is 0.0449. The van der Waals surface area contributed by atoms with E-state index in [-0.39, 0.29) is 36.3 Å². The molecule has 1 saturated heterocycles. The van der Waals surface area contributed by atoms with Crippen LogP contribution in [0.3, 0.4) is 0 Å². The highest BCUT2D eigenvalue weighted by atomic mass is 16.6. The molecule has 1 amide bonds. The number of methoxy groups -OCH3 is 2. The summed E-state index contributed by atoms with van der Waals surface area (Å²) in [7, 11) is 5.18. The van der Waals surface area contributed by atoms with Crippen molar-refractivity contribution in [2.45, 2.75) is 107 Å². The molecular formula is C50H63N5O7. The number of carbonyl (C=O) groups excluding carboxylic acids is 3. The Morgan fingerprint density at radius 3 is 2.56 bits per heavy atom. The maximum Gasteiger partial charge on any atom is 0.322 e. The molecule has 330 valence electrons. The lowest BCUT2D eigenvalue weighted by atomic mass is 9.47. The van der Waals surface area contributed by atoms with Crippen molar-refractivity contribution in [2.24, 2.45) is 17.3 Å². The van der Waals surface area contributed by atoms with Crippen molar-refractivity contribution in [3.63, 3.8) is 0 Å². The van der Waals surface area contributed by atoms with Gasteiger partial charge in [-0.2, -0.15) is 0 Å². The first kappa shape index (κ1) is 41.4. The number of aliphatic hydroxyl groups is 1. The maximum absolute atomic E-state index is 15.4. The molecule has 3 fully saturated rings. The number of likely N-dealkylation sites (N-methyl/N-ethyl adjacent to an activating group) is 1. The lowest BCUT2D eigenvalue weighted by molar-refractivity contribution is -0.217. The van der Waals surface area contributed by atoms with Gasteiger partial charge in [0.15, 0.2) is 0 Å². The van der Waals surface area contributed by atoms with E-state index in [1.165, 1.54) is 19.6 Å². The molecule has 7 aliphatic rings. The minimum atomic E-state index is -1.72. The van der Waals surface area contributed by atoms with Gasteiger partial charge >= 0.3 is 11.9 Å². The molecule has 2 saturated carbocycles. The fourth-order valence-electron chi connectivity index (χ4n) is 14.0. The standard InChI is InChI=1S/C50H63N5O7/c1-7-31-23-32-26-49(46(58)61-6,41-35(17-21-54(27-31)28-32)34-15-9-10-16-38(34)52-41)37-24-36-39(25-40(37)60-5)53(4)44-48(36)19-22-55-20-12-18-47(8-2,43(48)55)45(62-30(3)56)50(44,59)29-51-42(57)33-13-11-14-33/h9-10,12,15-16,18,23-25,32-33,43-45,52,59H,7-8,11,13-14,17,19-22,26-29H2,1-6H3,(H,51,57)/t32-,43-,44+,45+,47+,48+,49-,50?/m0/s1. The Balaban J connectivity index is 1.24. The van der Waals surface area contributed by atoms with Gasteiger partial charge in [0.05, 0.1) is 26.8 Å². The van der Waals surface area contributed by atoms with E-state index in [0.29, 0.717) is 25.0 Å². The minimum Gasteiger partial charge on any atom is -0.496 e. The highest BCUT2D eigenvalue weighted by Crippen LogP contribution is 2.68. The third kappa shape index (κ3) is 5.63. The number of benzene rings is 2. The molecule has 62 heavy (non-hydrogen) atoms. The number of rotatable bonds is 9. The molecule has 12 heteroatoms. The van der Waals surface area contributed by atoms with Crippen LogP contribution in [-0.2, 0) is 41.1 Å². The van der Waals surface area contributed by atoms with Crippen molar-refractivity contribution in [1.29, 1.82) is 0 Å². The summed E-state index contributed by atoms with van der Waals surface area (Å²) in [5.74, 6) is -0.373. The molecule has 10 rings (SSSR count). The lowest BCUT2D eigenvalue weighted by Gasteiger charge is -2.64. The quantitative estimate of drug-likeness (QED) is 0.186. The second-order valence-corrected chi connectivity index (χ2v) is 19.5. The number of nitrogens with one attached hydrogen (secondary N) is 2. The van der Waals surface area contributed by atoms with Gasteiger partial charge in [-0.25, -0.2) is 0 Å². The molecule has 2 bridgehead atoms. The van der Waals surface area contributed by atoms with Crippen LogP contribution in [0, 0.1) is 17.3 Å². The van der Waals surface area contributed by atoms with E-state index in [2.05, 4.69) is 87.4 Å².